The number of aromatic nitrogens is 2. The summed E-state index contributed by atoms with van der Waals surface area (Å²) in [5.41, 5.74) is 5.77. The number of nitrogens with two attached hydrogens (primary N) is 1. The molecule has 0 saturated carbocycles. The maximum atomic E-state index is 12.3. The summed E-state index contributed by atoms with van der Waals surface area (Å²) >= 11 is 1.35. The number of rotatable bonds is 4. The molecule has 0 bridgehead atoms. The molecule has 2 heterocycles. The zero-order valence-electron chi connectivity index (χ0n) is 11.2. The van der Waals surface area contributed by atoms with Crippen LogP contribution in [0.25, 0.3) is 4.96 Å². The highest BCUT2D eigenvalue weighted by atomic mass is 32.2. The van der Waals surface area contributed by atoms with Crippen LogP contribution >= 0.6 is 11.3 Å². The van der Waals surface area contributed by atoms with Gasteiger partial charge in [-0.2, -0.15) is 0 Å². The number of nitrogen functional groups attached to an aromatic ring is 1. The van der Waals surface area contributed by atoms with Crippen LogP contribution in [0, 0.1) is 5.41 Å². The lowest BCUT2D eigenvalue weighted by atomic mass is 9.93. The minimum absolute atomic E-state index is 0.0256. The van der Waals surface area contributed by atoms with Crippen molar-refractivity contribution in [2.45, 2.75) is 32.2 Å². The Labute approximate surface area is 116 Å². The second kappa shape index (κ2) is 4.77. The Morgan fingerprint density at radius 2 is 2.16 bits per heavy atom. The molecule has 0 unspecified atom stereocenters. The van der Waals surface area contributed by atoms with Crippen LogP contribution in [0.2, 0.25) is 0 Å². The standard InChI is InChI=1S/C11H18N4O2S2/c1-11(2,3)4-5-13-19(16,17)9-8(12)14-10-15(9)6-7-18-10/h6-7,13H,4-5,12H2,1-3H3. The number of hydrogen-bond donors (Lipinski definition) is 2. The predicted molar refractivity (Wildman–Crippen MR) is 76.7 cm³/mol. The molecule has 2 rings (SSSR count). The molecule has 8 heteroatoms. The van der Waals surface area contributed by atoms with Crippen molar-refractivity contribution in [1.29, 1.82) is 0 Å². The van der Waals surface area contributed by atoms with Crippen LogP contribution in [0.1, 0.15) is 27.2 Å². The molecule has 0 fully saturated rings. The fourth-order valence-corrected chi connectivity index (χ4v) is 3.69. The van der Waals surface area contributed by atoms with Gasteiger partial charge >= 0.3 is 0 Å². The van der Waals surface area contributed by atoms with Crippen LogP contribution in [0.3, 0.4) is 0 Å². The van der Waals surface area contributed by atoms with Crippen molar-refractivity contribution in [2.75, 3.05) is 12.3 Å². The highest BCUT2D eigenvalue weighted by Crippen LogP contribution is 2.23. The molecule has 0 aromatic carbocycles. The normalized spacial score (nSPS) is 13.2. The van der Waals surface area contributed by atoms with Gasteiger partial charge in [0.05, 0.1) is 0 Å². The maximum absolute atomic E-state index is 12.3. The summed E-state index contributed by atoms with van der Waals surface area (Å²) in [6.45, 7) is 6.56. The molecule has 0 saturated heterocycles. The number of thiazole rings is 1. The molecule has 0 atom stereocenters. The molecule has 0 aliphatic rings. The number of anilines is 1. The summed E-state index contributed by atoms with van der Waals surface area (Å²) in [6, 6.07) is 0. The van der Waals surface area contributed by atoms with E-state index in [0.29, 0.717) is 11.5 Å². The van der Waals surface area contributed by atoms with Gasteiger partial charge in [-0.1, -0.05) is 20.8 Å². The lowest BCUT2D eigenvalue weighted by Gasteiger charge is -2.17. The molecular formula is C11H18N4O2S2. The second-order valence-corrected chi connectivity index (χ2v) is 8.12. The minimum Gasteiger partial charge on any atom is -0.381 e. The summed E-state index contributed by atoms with van der Waals surface area (Å²) in [7, 11) is -3.63. The zero-order valence-corrected chi connectivity index (χ0v) is 12.8. The number of sulfonamides is 1. The summed E-state index contributed by atoms with van der Waals surface area (Å²) in [5, 5.41) is 1.80. The van der Waals surface area contributed by atoms with Crippen molar-refractivity contribution in [2.24, 2.45) is 5.41 Å². The van der Waals surface area contributed by atoms with E-state index < -0.39 is 10.0 Å². The number of nitrogens with zero attached hydrogens (tertiary/aromatic N) is 2. The molecule has 2 aromatic heterocycles. The Morgan fingerprint density at radius 3 is 2.79 bits per heavy atom. The van der Waals surface area contributed by atoms with Crippen molar-refractivity contribution >= 4 is 32.1 Å². The average Bonchev–Trinajstić information content (AvgIpc) is 2.73. The van der Waals surface area contributed by atoms with Crippen molar-refractivity contribution < 1.29 is 8.42 Å². The SMILES string of the molecule is CC(C)(C)CCNS(=O)(=O)c1c(N)nc2sccn12. The molecule has 19 heavy (non-hydrogen) atoms. The van der Waals surface area contributed by atoms with Crippen LogP contribution < -0.4 is 10.5 Å². The molecule has 0 spiro atoms. The Hall–Kier alpha value is -1.12. The quantitative estimate of drug-likeness (QED) is 0.899. The fourth-order valence-electron chi connectivity index (χ4n) is 1.68. The topological polar surface area (TPSA) is 89.5 Å². The van der Waals surface area contributed by atoms with Gasteiger partial charge in [-0.05, 0) is 11.8 Å². The third-order valence-corrected chi connectivity index (χ3v) is 4.92. The van der Waals surface area contributed by atoms with Crippen molar-refractivity contribution in [3.63, 3.8) is 0 Å². The number of nitrogens with one attached hydrogen (secondary N) is 1. The summed E-state index contributed by atoms with van der Waals surface area (Å²) < 4.78 is 28.6. The largest absolute Gasteiger partial charge is 0.381 e. The molecule has 6 nitrogen and oxygen atoms in total. The molecule has 106 valence electrons. The number of fused-ring (bicyclic) bond motifs is 1. The first-order valence-corrected chi connectivity index (χ1v) is 8.28. The van der Waals surface area contributed by atoms with Crippen LogP contribution in [0.4, 0.5) is 5.82 Å². The van der Waals surface area contributed by atoms with Crippen molar-refractivity contribution in [3.05, 3.63) is 11.6 Å². The Bertz CT molecular complexity index is 679. The third kappa shape index (κ3) is 3.07. The first-order valence-electron chi connectivity index (χ1n) is 5.91. The van der Waals surface area contributed by atoms with Gasteiger partial charge in [0, 0.05) is 18.1 Å². The van der Waals surface area contributed by atoms with E-state index in [-0.39, 0.29) is 16.3 Å². The van der Waals surface area contributed by atoms with Gasteiger partial charge in [-0.25, -0.2) is 18.1 Å². The first-order chi connectivity index (χ1) is 8.71. The highest BCUT2D eigenvalue weighted by Gasteiger charge is 2.24. The molecule has 0 amide bonds. The summed E-state index contributed by atoms with van der Waals surface area (Å²) in [4.78, 5) is 4.61. The summed E-state index contributed by atoms with van der Waals surface area (Å²) in [6.07, 6.45) is 2.40. The second-order valence-electron chi connectivity index (χ2n) is 5.57. The van der Waals surface area contributed by atoms with Crippen LogP contribution in [-0.4, -0.2) is 24.3 Å². The Morgan fingerprint density at radius 1 is 1.47 bits per heavy atom. The lowest BCUT2D eigenvalue weighted by Crippen LogP contribution is -2.28. The van der Waals surface area contributed by atoms with E-state index in [4.69, 9.17) is 5.73 Å². The molecule has 2 aromatic rings. The smallest absolute Gasteiger partial charge is 0.260 e. The summed E-state index contributed by atoms with van der Waals surface area (Å²) in [5.74, 6) is 0.0371. The minimum atomic E-state index is -3.63. The van der Waals surface area contributed by atoms with Gasteiger partial charge in [0.2, 0.25) is 0 Å². The zero-order chi connectivity index (χ0) is 14.3. The van der Waals surface area contributed by atoms with E-state index in [2.05, 4.69) is 30.5 Å². The number of hydrogen-bond acceptors (Lipinski definition) is 5. The molecular weight excluding hydrogens is 284 g/mol. The average molecular weight is 302 g/mol. The van der Waals surface area contributed by atoms with E-state index in [1.807, 2.05) is 0 Å². The Balaban J connectivity index is 2.24. The van der Waals surface area contributed by atoms with Gasteiger partial charge in [-0.3, -0.25) is 4.40 Å². The van der Waals surface area contributed by atoms with Gasteiger partial charge < -0.3 is 5.73 Å². The molecule has 0 aliphatic heterocycles. The molecule has 0 aliphatic carbocycles. The van der Waals surface area contributed by atoms with Gasteiger partial charge in [0.25, 0.3) is 10.0 Å². The van der Waals surface area contributed by atoms with E-state index in [0.717, 1.165) is 6.42 Å². The first kappa shape index (κ1) is 14.3. The lowest BCUT2D eigenvalue weighted by molar-refractivity contribution is 0.378. The predicted octanol–water partition coefficient (Wildman–Crippen LogP) is 1.69. The fraction of sp³-hybridized carbons (Fsp3) is 0.545. The van der Waals surface area contributed by atoms with E-state index in [1.165, 1.54) is 15.7 Å². The monoisotopic (exact) mass is 302 g/mol. The number of imidazole rings is 1. The van der Waals surface area contributed by atoms with Gasteiger partial charge in [0.1, 0.15) is 0 Å². The van der Waals surface area contributed by atoms with Crippen LogP contribution in [0.5, 0.6) is 0 Å². The van der Waals surface area contributed by atoms with E-state index in [1.54, 1.807) is 11.6 Å². The molecule has 0 radical (unpaired) electrons. The highest BCUT2D eigenvalue weighted by molar-refractivity contribution is 7.89. The molecule has 3 N–H and O–H groups in total. The third-order valence-electron chi connectivity index (χ3n) is 2.67. The van der Waals surface area contributed by atoms with Gasteiger partial charge in [0.15, 0.2) is 15.8 Å². The van der Waals surface area contributed by atoms with Crippen LogP contribution in [-0.2, 0) is 10.0 Å². The van der Waals surface area contributed by atoms with Crippen LogP contribution in [0.15, 0.2) is 16.6 Å². The van der Waals surface area contributed by atoms with E-state index in [9.17, 15) is 8.42 Å². The van der Waals surface area contributed by atoms with Crippen molar-refractivity contribution in [1.82, 2.24) is 14.1 Å². The van der Waals surface area contributed by atoms with Gasteiger partial charge in [-0.15, -0.1) is 11.3 Å². The Kier molecular flexibility index (Phi) is 3.59. The maximum Gasteiger partial charge on any atom is 0.260 e. The van der Waals surface area contributed by atoms with E-state index >= 15 is 0 Å². The van der Waals surface area contributed by atoms with Crippen molar-refractivity contribution in [3.8, 4) is 0 Å².